The van der Waals surface area contributed by atoms with Crippen molar-refractivity contribution in [1.29, 1.82) is 0 Å². The van der Waals surface area contributed by atoms with Crippen LogP contribution in [-0.2, 0) is 9.59 Å². The molecular formula is C21H30N4O4S. The van der Waals surface area contributed by atoms with Crippen molar-refractivity contribution >= 4 is 34.8 Å². The smallest absolute Gasteiger partial charge is 0.225 e. The van der Waals surface area contributed by atoms with Crippen LogP contribution in [0.25, 0.3) is 0 Å². The molecule has 5 N–H and O–H groups in total. The molecule has 1 saturated heterocycles. The topological polar surface area (TPSA) is 114 Å². The summed E-state index contributed by atoms with van der Waals surface area (Å²) in [5, 5.41) is 29.9. The van der Waals surface area contributed by atoms with Gasteiger partial charge in [0.05, 0.1) is 24.1 Å². The van der Waals surface area contributed by atoms with Gasteiger partial charge in [0.25, 0.3) is 0 Å². The summed E-state index contributed by atoms with van der Waals surface area (Å²) in [6.45, 7) is 6.26. The van der Waals surface area contributed by atoms with Gasteiger partial charge in [0, 0.05) is 25.7 Å². The van der Waals surface area contributed by atoms with Crippen molar-refractivity contribution < 1.29 is 19.8 Å². The van der Waals surface area contributed by atoms with E-state index in [1.807, 2.05) is 29.2 Å². The number of nitrogens with one attached hydrogen (secondary N) is 3. The second-order valence-corrected chi connectivity index (χ2v) is 8.64. The molecule has 0 aromatic heterocycles. The monoisotopic (exact) mass is 434 g/mol. The Labute approximate surface area is 182 Å². The lowest BCUT2D eigenvalue weighted by Gasteiger charge is -2.41. The molecule has 1 aromatic rings. The van der Waals surface area contributed by atoms with E-state index in [2.05, 4.69) is 29.8 Å². The Balaban J connectivity index is 1.83. The summed E-state index contributed by atoms with van der Waals surface area (Å²) in [4.78, 5) is 25.8. The Bertz CT molecular complexity index is 801. The maximum atomic E-state index is 13.0. The minimum atomic E-state index is -1.03. The zero-order valence-corrected chi connectivity index (χ0v) is 18.3. The van der Waals surface area contributed by atoms with E-state index >= 15 is 0 Å². The van der Waals surface area contributed by atoms with Gasteiger partial charge in [-0.2, -0.15) is 0 Å². The van der Waals surface area contributed by atoms with Gasteiger partial charge in [0.2, 0.25) is 11.8 Å². The lowest BCUT2D eigenvalue weighted by molar-refractivity contribution is -0.131. The number of nitrogens with zero attached hydrogens (tertiary/aromatic N) is 1. The average molecular weight is 435 g/mol. The molecular weight excluding hydrogens is 404 g/mol. The van der Waals surface area contributed by atoms with E-state index in [1.165, 1.54) is 12.5 Å². The third kappa shape index (κ3) is 4.58. The number of rotatable bonds is 6. The van der Waals surface area contributed by atoms with Crippen molar-refractivity contribution in [2.75, 3.05) is 18.0 Å². The van der Waals surface area contributed by atoms with E-state index in [4.69, 9.17) is 12.2 Å². The van der Waals surface area contributed by atoms with Crippen LogP contribution in [-0.4, -0.2) is 64.5 Å². The van der Waals surface area contributed by atoms with Gasteiger partial charge in [-0.15, -0.1) is 0 Å². The minimum absolute atomic E-state index is 0.124. The Kier molecular flexibility index (Phi) is 6.95. The van der Waals surface area contributed by atoms with Crippen molar-refractivity contribution in [3.8, 4) is 0 Å². The summed E-state index contributed by atoms with van der Waals surface area (Å²) >= 11 is 5.53. The second-order valence-electron chi connectivity index (χ2n) is 8.26. The molecule has 9 heteroatoms. The summed E-state index contributed by atoms with van der Waals surface area (Å²) < 4.78 is 0. The predicted molar refractivity (Wildman–Crippen MR) is 118 cm³/mol. The second kappa shape index (κ2) is 9.28. The van der Waals surface area contributed by atoms with Crippen molar-refractivity contribution in [2.24, 2.45) is 5.92 Å². The summed E-state index contributed by atoms with van der Waals surface area (Å²) in [5.41, 5.74) is 2.03. The van der Waals surface area contributed by atoms with Crippen molar-refractivity contribution in [3.63, 3.8) is 0 Å². The molecule has 0 bridgehead atoms. The number of carbonyl (C=O) groups excluding carboxylic acids is 2. The van der Waals surface area contributed by atoms with Crippen LogP contribution in [0, 0.1) is 5.92 Å². The zero-order valence-electron chi connectivity index (χ0n) is 17.5. The van der Waals surface area contributed by atoms with Gasteiger partial charge in [0.1, 0.15) is 6.10 Å². The predicted octanol–water partition coefficient (Wildman–Crippen LogP) is 0.236. The zero-order chi connectivity index (χ0) is 22.0. The molecule has 1 saturated carbocycles. The van der Waals surface area contributed by atoms with E-state index in [0.717, 1.165) is 5.69 Å². The largest absolute Gasteiger partial charge is 0.390 e. The highest BCUT2D eigenvalue weighted by molar-refractivity contribution is 7.80. The Morgan fingerprint density at radius 1 is 1.20 bits per heavy atom. The fourth-order valence-electron chi connectivity index (χ4n) is 4.22. The van der Waals surface area contributed by atoms with Crippen LogP contribution in [0.4, 0.5) is 5.69 Å². The Morgan fingerprint density at radius 2 is 1.83 bits per heavy atom. The number of fused-ring (bicyclic) bond motifs is 1. The fraction of sp³-hybridized carbons (Fsp3) is 0.571. The molecule has 5 unspecified atom stereocenters. The number of thiocarbonyl (C=S) groups is 1. The molecule has 1 aliphatic heterocycles. The lowest BCUT2D eigenvalue weighted by Crippen LogP contribution is -2.61. The van der Waals surface area contributed by atoms with Crippen LogP contribution >= 0.6 is 12.2 Å². The molecule has 5 atom stereocenters. The number of aliphatic hydroxyl groups excluding tert-OH is 2. The van der Waals surface area contributed by atoms with E-state index < -0.39 is 30.2 Å². The molecule has 2 aliphatic rings. The quantitative estimate of drug-likeness (QED) is 0.322. The fourth-order valence-corrected chi connectivity index (χ4v) is 4.58. The molecule has 0 radical (unpaired) electrons. The Morgan fingerprint density at radius 3 is 2.43 bits per heavy atom. The molecule has 164 valence electrons. The lowest BCUT2D eigenvalue weighted by atomic mass is 9.77. The number of anilines is 1. The van der Waals surface area contributed by atoms with Crippen LogP contribution in [0.3, 0.4) is 0 Å². The van der Waals surface area contributed by atoms with Crippen LogP contribution in [0.15, 0.2) is 24.3 Å². The number of hydrogen-bond donors (Lipinski definition) is 5. The number of benzene rings is 1. The van der Waals surface area contributed by atoms with Crippen molar-refractivity contribution in [1.82, 2.24) is 16.0 Å². The molecule has 0 spiro atoms. The normalized spacial score (nSPS) is 28.1. The summed E-state index contributed by atoms with van der Waals surface area (Å²) in [7, 11) is 0. The van der Waals surface area contributed by atoms with Crippen molar-refractivity contribution in [3.05, 3.63) is 29.8 Å². The van der Waals surface area contributed by atoms with Gasteiger partial charge in [-0.1, -0.05) is 26.0 Å². The van der Waals surface area contributed by atoms with Crippen LogP contribution in [0.1, 0.15) is 38.7 Å². The van der Waals surface area contributed by atoms with Crippen molar-refractivity contribution in [2.45, 2.75) is 57.4 Å². The van der Waals surface area contributed by atoms with E-state index in [9.17, 15) is 19.8 Å². The highest BCUT2D eigenvalue weighted by Crippen LogP contribution is 2.37. The standard InChI is InChI=1S/C21H30N4O4S/c1-11(2)13-4-6-14(7-5-13)25-18-15(20(29)23-9-8-22-12(3)26)10-16(27)19(28)17(18)24-21(25)30/h4-7,11,15-19,27-28H,8-10H2,1-3H3,(H,22,26)(H,23,29)(H,24,30). The van der Waals surface area contributed by atoms with E-state index in [0.29, 0.717) is 17.6 Å². The molecule has 1 aromatic carbocycles. The Hall–Kier alpha value is -2.23. The van der Waals surface area contributed by atoms with Crippen LogP contribution in [0.2, 0.25) is 0 Å². The van der Waals surface area contributed by atoms with Gasteiger partial charge in [-0.25, -0.2) is 0 Å². The molecule has 2 fully saturated rings. The minimum Gasteiger partial charge on any atom is -0.390 e. The van der Waals surface area contributed by atoms with E-state index in [1.54, 1.807) is 0 Å². The number of aliphatic hydroxyl groups is 2. The molecule has 1 heterocycles. The molecule has 30 heavy (non-hydrogen) atoms. The highest BCUT2D eigenvalue weighted by Gasteiger charge is 2.53. The first-order chi connectivity index (χ1) is 14.2. The van der Waals surface area contributed by atoms with E-state index in [-0.39, 0.29) is 24.8 Å². The molecule has 3 rings (SSSR count). The third-order valence-corrected chi connectivity index (χ3v) is 6.13. The van der Waals surface area contributed by atoms with Crippen LogP contribution in [0.5, 0.6) is 0 Å². The molecule has 2 amide bonds. The van der Waals surface area contributed by atoms with Gasteiger partial charge < -0.3 is 31.1 Å². The van der Waals surface area contributed by atoms with Crippen LogP contribution < -0.4 is 20.9 Å². The molecule has 8 nitrogen and oxygen atoms in total. The first-order valence-electron chi connectivity index (χ1n) is 10.3. The number of amides is 2. The van der Waals surface area contributed by atoms with Gasteiger partial charge in [-0.05, 0) is 42.3 Å². The van der Waals surface area contributed by atoms with Gasteiger partial charge >= 0.3 is 0 Å². The summed E-state index contributed by atoms with van der Waals surface area (Å²) in [6.07, 6.45) is -1.94. The molecule has 1 aliphatic carbocycles. The highest BCUT2D eigenvalue weighted by atomic mass is 32.1. The average Bonchev–Trinajstić information content (AvgIpc) is 3.05. The third-order valence-electron chi connectivity index (χ3n) is 5.82. The summed E-state index contributed by atoms with van der Waals surface area (Å²) in [6, 6.07) is 7.02. The van der Waals surface area contributed by atoms with Gasteiger partial charge in [-0.3, -0.25) is 9.59 Å². The first kappa shape index (κ1) is 22.5. The SMILES string of the molecule is CC(=O)NCCNC(=O)C1CC(O)C(O)C2NC(=S)N(c3ccc(C(C)C)cc3)C12. The summed E-state index contributed by atoms with van der Waals surface area (Å²) in [5.74, 6) is -0.591. The number of hydrogen-bond acceptors (Lipinski definition) is 5. The maximum Gasteiger partial charge on any atom is 0.225 e. The number of carbonyl (C=O) groups is 2. The maximum absolute atomic E-state index is 13.0. The first-order valence-corrected chi connectivity index (χ1v) is 10.7. The van der Waals surface area contributed by atoms with Gasteiger partial charge in [0.15, 0.2) is 5.11 Å².